The first-order valence-corrected chi connectivity index (χ1v) is 9.37. The van der Waals surface area contributed by atoms with Crippen molar-refractivity contribution in [1.29, 1.82) is 0 Å². The molecule has 156 valence electrons. The van der Waals surface area contributed by atoms with Gasteiger partial charge in [0, 0.05) is 25.4 Å². The van der Waals surface area contributed by atoms with E-state index in [1.165, 1.54) is 14.2 Å². The van der Waals surface area contributed by atoms with Gasteiger partial charge in [-0.3, -0.25) is 4.79 Å². The van der Waals surface area contributed by atoms with E-state index < -0.39 is 0 Å². The molecule has 30 heavy (non-hydrogen) atoms. The molecule has 0 saturated carbocycles. The summed E-state index contributed by atoms with van der Waals surface area (Å²) in [6.45, 7) is 2.69. The van der Waals surface area contributed by atoms with Gasteiger partial charge >= 0.3 is 0 Å². The maximum Gasteiger partial charge on any atom is 0.255 e. The number of nitrogens with one attached hydrogen (secondary N) is 3. The third-order valence-electron chi connectivity index (χ3n) is 4.12. The highest BCUT2D eigenvalue weighted by molar-refractivity contribution is 5.97. The van der Waals surface area contributed by atoms with Crippen molar-refractivity contribution in [1.82, 2.24) is 20.3 Å². The van der Waals surface area contributed by atoms with E-state index in [0.717, 1.165) is 0 Å². The minimum atomic E-state index is -0.246. The average molecular weight is 408 g/mol. The number of carbonyl (C=O) groups excluding carboxylic acids is 1. The highest BCUT2D eigenvalue weighted by Gasteiger charge is 2.15. The largest absolute Gasteiger partial charge is 0.493 e. The van der Waals surface area contributed by atoms with E-state index in [9.17, 15) is 4.79 Å². The van der Waals surface area contributed by atoms with Crippen LogP contribution in [0.2, 0.25) is 0 Å². The Kier molecular flexibility index (Phi) is 6.99. The van der Waals surface area contributed by atoms with Crippen LogP contribution in [0.5, 0.6) is 11.5 Å². The zero-order valence-corrected chi connectivity index (χ0v) is 17.1. The SMILES string of the molecule is COc1cccc(C(=O)NCCNc2cc(Nc3ccccn3)nc(C)n2)c1OC. The first kappa shape index (κ1) is 20.8. The number of rotatable bonds is 9. The minimum absolute atomic E-state index is 0.246. The number of pyridine rings is 1. The van der Waals surface area contributed by atoms with Crippen LogP contribution in [-0.4, -0.2) is 48.2 Å². The molecule has 0 bridgehead atoms. The molecular weight excluding hydrogens is 384 g/mol. The Bertz CT molecular complexity index is 997. The Labute approximate surface area is 174 Å². The molecule has 0 atom stereocenters. The molecule has 3 rings (SSSR count). The van der Waals surface area contributed by atoms with Crippen LogP contribution in [-0.2, 0) is 0 Å². The summed E-state index contributed by atoms with van der Waals surface area (Å²) in [6.07, 6.45) is 1.70. The predicted molar refractivity (Wildman–Crippen MR) is 115 cm³/mol. The van der Waals surface area contributed by atoms with Gasteiger partial charge in [0.2, 0.25) is 0 Å². The number of aromatic nitrogens is 3. The van der Waals surface area contributed by atoms with Crippen LogP contribution in [0.3, 0.4) is 0 Å². The summed E-state index contributed by atoms with van der Waals surface area (Å²) in [5.74, 6) is 3.26. The molecule has 0 aliphatic heterocycles. The molecular formula is C21H24N6O3. The van der Waals surface area contributed by atoms with Crippen LogP contribution < -0.4 is 25.4 Å². The van der Waals surface area contributed by atoms with E-state index in [0.29, 0.717) is 53.4 Å². The zero-order chi connectivity index (χ0) is 21.3. The number of hydrogen-bond acceptors (Lipinski definition) is 8. The molecule has 1 amide bonds. The number of benzene rings is 1. The lowest BCUT2D eigenvalue weighted by molar-refractivity contribution is 0.0951. The van der Waals surface area contributed by atoms with E-state index >= 15 is 0 Å². The van der Waals surface area contributed by atoms with Gasteiger partial charge in [-0.25, -0.2) is 15.0 Å². The van der Waals surface area contributed by atoms with Crippen molar-refractivity contribution < 1.29 is 14.3 Å². The monoisotopic (exact) mass is 408 g/mol. The van der Waals surface area contributed by atoms with Crippen LogP contribution >= 0.6 is 0 Å². The third-order valence-corrected chi connectivity index (χ3v) is 4.12. The van der Waals surface area contributed by atoms with Crippen molar-refractivity contribution in [2.24, 2.45) is 0 Å². The summed E-state index contributed by atoms with van der Waals surface area (Å²) in [7, 11) is 3.04. The molecule has 1 aromatic carbocycles. The Morgan fingerprint density at radius 3 is 2.53 bits per heavy atom. The second-order valence-corrected chi connectivity index (χ2v) is 6.25. The van der Waals surface area contributed by atoms with Gasteiger partial charge in [0.05, 0.1) is 19.8 Å². The standard InChI is InChI=1S/C21H24N6O3/c1-14-25-18(13-19(26-14)27-17-9-4-5-10-22-17)23-11-12-24-21(28)15-7-6-8-16(29-2)20(15)30-3/h4-10,13H,11-12H2,1-3H3,(H,24,28)(H2,22,23,25,26,27). The van der Waals surface area contributed by atoms with Gasteiger partial charge in [-0.1, -0.05) is 12.1 Å². The molecule has 2 aromatic heterocycles. The fraction of sp³-hybridized carbons (Fsp3) is 0.238. The van der Waals surface area contributed by atoms with Crippen molar-refractivity contribution in [3.05, 3.63) is 60.0 Å². The van der Waals surface area contributed by atoms with E-state index in [1.807, 2.05) is 25.1 Å². The van der Waals surface area contributed by atoms with Gasteiger partial charge in [-0.15, -0.1) is 0 Å². The highest BCUT2D eigenvalue weighted by Crippen LogP contribution is 2.30. The van der Waals surface area contributed by atoms with Gasteiger partial charge in [0.1, 0.15) is 23.3 Å². The zero-order valence-electron chi connectivity index (χ0n) is 17.1. The molecule has 0 saturated heterocycles. The van der Waals surface area contributed by atoms with Crippen molar-refractivity contribution >= 4 is 23.4 Å². The van der Waals surface area contributed by atoms with Crippen molar-refractivity contribution in [3.8, 4) is 11.5 Å². The Balaban J connectivity index is 1.56. The van der Waals surface area contributed by atoms with Gasteiger partial charge in [-0.2, -0.15) is 0 Å². The first-order chi connectivity index (χ1) is 14.6. The number of ether oxygens (including phenoxy) is 2. The molecule has 2 heterocycles. The second-order valence-electron chi connectivity index (χ2n) is 6.25. The fourth-order valence-electron chi connectivity index (χ4n) is 2.82. The maximum atomic E-state index is 12.5. The van der Waals surface area contributed by atoms with E-state index in [-0.39, 0.29) is 5.91 Å². The molecule has 0 unspecified atom stereocenters. The molecule has 0 fully saturated rings. The second kappa shape index (κ2) is 10.1. The molecule has 9 nitrogen and oxygen atoms in total. The van der Waals surface area contributed by atoms with Gasteiger partial charge < -0.3 is 25.4 Å². The number of aryl methyl sites for hydroxylation is 1. The minimum Gasteiger partial charge on any atom is -0.493 e. The number of para-hydroxylation sites is 1. The lowest BCUT2D eigenvalue weighted by Crippen LogP contribution is -2.29. The Morgan fingerprint density at radius 1 is 0.967 bits per heavy atom. The fourth-order valence-corrected chi connectivity index (χ4v) is 2.82. The molecule has 0 aliphatic carbocycles. The third kappa shape index (κ3) is 5.34. The highest BCUT2D eigenvalue weighted by atomic mass is 16.5. The number of anilines is 3. The number of methoxy groups -OCH3 is 2. The van der Waals surface area contributed by atoms with Crippen molar-refractivity contribution in [3.63, 3.8) is 0 Å². The number of carbonyl (C=O) groups is 1. The number of amides is 1. The topological polar surface area (TPSA) is 110 Å². The lowest BCUT2D eigenvalue weighted by Gasteiger charge is -2.13. The predicted octanol–water partition coefficient (Wildman–Crippen LogP) is 2.78. The summed E-state index contributed by atoms with van der Waals surface area (Å²) in [4.78, 5) is 25.5. The lowest BCUT2D eigenvalue weighted by atomic mass is 10.1. The molecule has 0 spiro atoms. The van der Waals surface area contributed by atoms with Gasteiger partial charge in [-0.05, 0) is 31.2 Å². The molecule has 0 aliphatic rings. The Morgan fingerprint density at radius 2 is 1.80 bits per heavy atom. The summed E-state index contributed by atoms with van der Waals surface area (Å²) in [5, 5.41) is 9.19. The van der Waals surface area contributed by atoms with E-state index in [4.69, 9.17) is 9.47 Å². The molecule has 3 N–H and O–H groups in total. The quantitative estimate of drug-likeness (QED) is 0.464. The van der Waals surface area contributed by atoms with Gasteiger partial charge in [0.15, 0.2) is 11.5 Å². The molecule has 3 aromatic rings. The molecule has 9 heteroatoms. The number of nitrogens with zero attached hydrogens (tertiary/aromatic N) is 3. The van der Waals surface area contributed by atoms with Crippen LogP contribution in [0, 0.1) is 6.92 Å². The molecule has 0 radical (unpaired) electrons. The summed E-state index contributed by atoms with van der Waals surface area (Å²) in [5.41, 5.74) is 0.413. The van der Waals surface area contributed by atoms with Crippen LogP contribution in [0.4, 0.5) is 17.5 Å². The average Bonchev–Trinajstić information content (AvgIpc) is 2.76. The van der Waals surface area contributed by atoms with E-state index in [1.54, 1.807) is 30.5 Å². The van der Waals surface area contributed by atoms with Crippen LogP contribution in [0.15, 0.2) is 48.7 Å². The summed E-state index contributed by atoms with van der Waals surface area (Å²) in [6, 6.07) is 12.6. The maximum absolute atomic E-state index is 12.5. The smallest absolute Gasteiger partial charge is 0.255 e. The number of hydrogen-bond donors (Lipinski definition) is 3. The van der Waals surface area contributed by atoms with Crippen molar-refractivity contribution in [2.45, 2.75) is 6.92 Å². The van der Waals surface area contributed by atoms with Crippen molar-refractivity contribution in [2.75, 3.05) is 37.9 Å². The van der Waals surface area contributed by atoms with Crippen LogP contribution in [0.1, 0.15) is 16.2 Å². The Hall–Kier alpha value is -3.88. The first-order valence-electron chi connectivity index (χ1n) is 9.37. The van der Waals surface area contributed by atoms with E-state index in [2.05, 4.69) is 30.9 Å². The van der Waals surface area contributed by atoms with Gasteiger partial charge in [0.25, 0.3) is 5.91 Å². The van der Waals surface area contributed by atoms with Crippen LogP contribution in [0.25, 0.3) is 0 Å². The summed E-state index contributed by atoms with van der Waals surface area (Å²) >= 11 is 0. The normalized spacial score (nSPS) is 10.2. The summed E-state index contributed by atoms with van der Waals surface area (Å²) < 4.78 is 10.5.